The second kappa shape index (κ2) is 5.53. The van der Waals surface area contributed by atoms with Crippen molar-refractivity contribution in [3.63, 3.8) is 0 Å². The van der Waals surface area contributed by atoms with Gasteiger partial charge >= 0.3 is 0 Å². The Hall–Kier alpha value is -1.35. The Kier molecular flexibility index (Phi) is 4.02. The third-order valence-corrected chi connectivity index (χ3v) is 3.56. The third kappa shape index (κ3) is 2.72. The molecule has 0 spiro atoms. The van der Waals surface area contributed by atoms with E-state index >= 15 is 0 Å². The Morgan fingerprint density at radius 3 is 2.50 bits per heavy atom. The maximum Gasteiger partial charge on any atom is 0.232 e. The normalized spacial score (nSPS) is 19.2. The molecule has 0 N–H and O–H groups in total. The topological polar surface area (TPSA) is 29.5 Å². The van der Waals surface area contributed by atoms with Crippen molar-refractivity contribution in [2.75, 3.05) is 25.2 Å². The lowest BCUT2D eigenvalue weighted by molar-refractivity contribution is -0.122. The Bertz CT molecular complexity index is 405. The van der Waals surface area contributed by atoms with Crippen LogP contribution >= 0.6 is 0 Å². The number of carbonyl (C=O) groups excluding carboxylic acids is 1. The van der Waals surface area contributed by atoms with Gasteiger partial charge in [0, 0.05) is 19.3 Å². The molecule has 18 heavy (non-hydrogen) atoms. The van der Waals surface area contributed by atoms with Crippen LogP contribution in [0.3, 0.4) is 0 Å². The summed E-state index contributed by atoms with van der Waals surface area (Å²) in [4.78, 5) is 14.0. The minimum Gasteiger partial charge on any atom is -0.381 e. The number of anilines is 1. The van der Waals surface area contributed by atoms with E-state index in [0.29, 0.717) is 19.1 Å². The molecule has 1 amide bonds. The van der Waals surface area contributed by atoms with Gasteiger partial charge in [-0.2, -0.15) is 0 Å². The zero-order valence-corrected chi connectivity index (χ0v) is 11.3. The van der Waals surface area contributed by atoms with Gasteiger partial charge < -0.3 is 9.64 Å². The van der Waals surface area contributed by atoms with Crippen molar-refractivity contribution in [1.82, 2.24) is 0 Å². The van der Waals surface area contributed by atoms with Crippen molar-refractivity contribution in [3.05, 3.63) is 29.8 Å². The summed E-state index contributed by atoms with van der Waals surface area (Å²) in [7, 11) is 1.84. The fourth-order valence-electron chi connectivity index (χ4n) is 2.21. The van der Waals surface area contributed by atoms with Crippen LogP contribution < -0.4 is 4.90 Å². The van der Waals surface area contributed by atoms with Crippen LogP contribution in [0.15, 0.2) is 24.3 Å². The molecule has 1 aromatic rings. The molecule has 0 saturated carbocycles. The summed E-state index contributed by atoms with van der Waals surface area (Å²) in [6.45, 7) is 5.60. The van der Waals surface area contributed by atoms with Gasteiger partial charge in [-0.3, -0.25) is 4.79 Å². The van der Waals surface area contributed by atoms with Crippen LogP contribution in [0.4, 0.5) is 5.69 Å². The Labute approximate surface area is 109 Å². The average molecular weight is 247 g/mol. The zero-order valence-electron chi connectivity index (χ0n) is 11.3. The van der Waals surface area contributed by atoms with Crippen molar-refractivity contribution in [2.45, 2.75) is 26.2 Å². The van der Waals surface area contributed by atoms with E-state index < -0.39 is 0 Å². The van der Waals surface area contributed by atoms with Crippen LogP contribution in [0.5, 0.6) is 0 Å². The molecule has 0 radical (unpaired) electrons. The first kappa shape index (κ1) is 13.1. The smallest absolute Gasteiger partial charge is 0.232 e. The Morgan fingerprint density at radius 2 is 2.00 bits per heavy atom. The minimum atomic E-state index is 0.0276. The highest BCUT2D eigenvalue weighted by atomic mass is 16.5. The van der Waals surface area contributed by atoms with Gasteiger partial charge in [0.1, 0.15) is 0 Å². The van der Waals surface area contributed by atoms with Gasteiger partial charge in [-0.1, -0.05) is 26.0 Å². The standard InChI is InChI=1S/C15H21NO2/c1-11(2)12-4-6-14(7-5-12)16(3)15(17)13-8-9-18-10-13/h4-7,11,13H,8-10H2,1-3H3. The molecular weight excluding hydrogens is 226 g/mol. The molecule has 1 aliphatic rings. The number of amides is 1. The number of carbonyl (C=O) groups is 1. The second-order valence-electron chi connectivity index (χ2n) is 5.20. The number of rotatable bonds is 3. The second-order valence-corrected chi connectivity index (χ2v) is 5.20. The highest BCUT2D eigenvalue weighted by Crippen LogP contribution is 2.22. The predicted molar refractivity (Wildman–Crippen MR) is 72.9 cm³/mol. The molecule has 1 aromatic carbocycles. The Morgan fingerprint density at radius 1 is 1.33 bits per heavy atom. The van der Waals surface area contributed by atoms with E-state index in [1.165, 1.54) is 5.56 Å². The van der Waals surface area contributed by atoms with Gasteiger partial charge in [-0.15, -0.1) is 0 Å². The van der Waals surface area contributed by atoms with E-state index in [1.54, 1.807) is 4.90 Å². The molecule has 1 unspecified atom stereocenters. The van der Waals surface area contributed by atoms with Crippen LogP contribution in [0.25, 0.3) is 0 Å². The van der Waals surface area contributed by atoms with Crippen molar-refractivity contribution >= 4 is 11.6 Å². The van der Waals surface area contributed by atoms with Gasteiger partial charge in [0.25, 0.3) is 0 Å². The van der Waals surface area contributed by atoms with Crippen molar-refractivity contribution < 1.29 is 9.53 Å². The monoisotopic (exact) mass is 247 g/mol. The van der Waals surface area contributed by atoms with Gasteiger partial charge in [0.05, 0.1) is 12.5 Å². The minimum absolute atomic E-state index is 0.0276. The molecule has 1 saturated heterocycles. The van der Waals surface area contributed by atoms with E-state index in [1.807, 2.05) is 19.2 Å². The van der Waals surface area contributed by atoms with Crippen LogP contribution in [0.1, 0.15) is 31.7 Å². The molecular formula is C15H21NO2. The van der Waals surface area contributed by atoms with Gasteiger partial charge in [-0.25, -0.2) is 0 Å². The number of ether oxygens (including phenoxy) is 1. The first-order valence-electron chi connectivity index (χ1n) is 6.55. The van der Waals surface area contributed by atoms with Gasteiger partial charge in [0.2, 0.25) is 5.91 Å². The lowest BCUT2D eigenvalue weighted by atomic mass is 10.0. The molecule has 0 aromatic heterocycles. The lowest BCUT2D eigenvalue weighted by Gasteiger charge is -2.21. The van der Waals surface area contributed by atoms with E-state index in [0.717, 1.165) is 12.1 Å². The fourth-order valence-corrected chi connectivity index (χ4v) is 2.21. The van der Waals surface area contributed by atoms with E-state index in [4.69, 9.17) is 4.74 Å². The summed E-state index contributed by atoms with van der Waals surface area (Å²) in [6.07, 6.45) is 0.841. The molecule has 0 aliphatic carbocycles. The van der Waals surface area contributed by atoms with Crippen LogP contribution in [-0.2, 0) is 9.53 Å². The maximum atomic E-state index is 12.2. The average Bonchev–Trinajstić information content (AvgIpc) is 2.91. The Balaban J connectivity index is 2.08. The first-order chi connectivity index (χ1) is 8.59. The summed E-state index contributed by atoms with van der Waals surface area (Å²) < 4.78 is 5.27. The summed E-state index contributed by atoms with van der Waals surface area (Å²) in [5, 5.41) is 0. The van der Waals surface area contributed by atoms with Gasteiger partial charge in [-0.05, 0) is 30.0 Å². The molecule has 98 valence electrons. The summed E-state index contributed by atoms with van der Waals surface area (Å²) in [5.74, 6) is 0.702. The third-order valence-electron chi connectivity index (χ3n) is 3.56. The molecule has 2 rings (SSSR count). The highest BCUT2D eigenvalue weighted by Gasteiger charge is 2.26. The van der Waals surface area contributed by atoms with Crippen molar-refractivity contribution in [2.24, 2.45) is 5.92 Å². The van der Waals surface area contributed by atoms with Crippen molar-refractivity contribution in [3.8, 4) is 0 Å². The van der Waals surface area contributed by atoms with Crippen LogP contribution in [0.2, 0.25) is 0 Å². The summed E-state index contributed by atoms with van der Waals surface area (Å²) in [5.41, 5.74) is 2.25. The molecule has 3 nitrogen and oxygen atoms in total. The van der Waals surface area contributed by atoms with E-state index in [2.05, 4.69) is 26.0 Å². The number of hydrogen-bond donors (Lipinski definition) is 0. The molecule has 1 heterocycles. The number of benzene rings is 1. The summed E-state index contributed by atoms with van der Waals surface area (Å²) >= 11 is 0. The number of nitrogens with zero attached hydrogens (tertiary/aromatic N) is 1. The molecule has 0 bridgehead atoms. The van der Waals surface area contributed by atoms with Crippen LogP contribution in [-0.4, -0.2) is 26.2 Å². The van der Waals surface area contributed by atoms with Gasteiger partial charge in [0.15, 0.2) is 0 Å². The molecule has 1 aliphatic heterocycles. The summed E-state index contributed by atoms with van der Waals surface area (Å²) in [6, 6.07) is 8.22. The SMILES string of the molecule is CC(C)c1ccc(N(C)C(=O)C2CCOC2)cc1. The van der Waals surface area contributed by atoms with Crippen molar-refractivity contribution in [1.29, 1.82) is 0 Å². The molecule has 1 fully saturated rings. The van der Waals surface area contributed by atoms with Crippen LogP contribution in [0, 0.1) is 5.92 Å². The maximum absolute atomic E-state index is 12.2. The highest BCUT2D eigenvalue weighted by molar-refractivity contribution is 5.94. The first-order valence-corrected chi connectivity index (χ1v) is 6.55. The predicted octanol–water partition coefficient (Wildman–Crippen LogP) is 2.81. The van der Waals surface area contributed by atoms with E-state index in [-0.39, 0.29) is 11.8 Å². The fraction of sp³-hybridized carbons (Fsp3) is 0.533. The number of hydrogen-bond acceptors (Lipinski definition) is 2. The molecule has 3 heteroatoms. The quantitative estimate of drug-likeness (QED) is 0.822. The lowest BCUT2D eigenvalue weighted by Crippen LogP contribution is -2.33. The van der Waals surface area contributed by atoms with E-state index in [9.17, 15) is 4.79 Å². The zero-order chi connectivity index (χ0) is 13.1. The molecule has 1 atom stereocenters. The largest absolute Gasteiger partial charge is 0.381 e.